The highest BCUT2D eigenvalue weighted by Crippen LogP contribution is 2.16. The third-order valence-electron chi connectivity index (χ3n) is 3.64. The Morgan fingerprint density at radius 1 is 1.52 bits per heavy atom. The summed E-state index contributed by atoms with van der Waals surface area (Å²) in [6, 6.07) is 6.02. The maximum atomic E-state index is 13.0. The molecule has 1 aromatic rings. The Hall–Kier alpha value is -1.66. The second kappa shape index (κ2) is 7.38. The van der Waals surface area contributed by atoms with Gasteiger partial charge in [0.1, 0.15) is 18.2 Å². The number of rotatable bonds is 6. The zero-order chi connectivity index (χ0) is 15.2. The number of ether oxygens (including phenoxy) is 2. The molecule has 2 unspecified atom stereocenters. The smallest absolute Gasteiger partial charge is 0.229 e. The van der Waals surface area contributed by atoms with Crippen molar-refractivity contribution in [2.45, 2.75) is 6.04 Å². The quantitative estimate of drug-likeness (QED) is 0.847. The van der Waals surface area contributed by atoms with Crippen molar-refractivity contribution in [3.05, 3.63) is 30.1 Å². The van der Waals surface area contributed by atoms with Gasteiger partial charge in [-0.3, -0.25) is 4.79 Å². The summed E-state index contributed by atoms with van der Waals surface area (Å²) >= 11 is 0. The molecule has 6 heteroatoms. The first-order chi connectivity index (χ1) is 10.1. The van der Waals surface area contributed by atoms with Crippen LogP contribution in [0.4, 0.5) is 4.39 Å². The molecule has 0 bridgehead atoms. The van der Waals surface area contributed by atoms with E-state index in [-0.39, 0.29) is 23.7 Å². The van der Waals surface area contributed by atoms with Gasteiger partial charge >= 0.3 is 0 Å². The Balaban J connectivity index is 1.79. The van der Waals surface area contributed by atoms with E-state index in [1.807, 2.05) is 7.05 Å². The molecular weight excluding hydrogens is 275 g/mol. The molecule has 21 heavy (non-hydrogen) atoms. The van der Waals surface area contributed by atoms with Crippen molar-refractivity contribution in [2.24, 2.45) is 5.92 Å². The molecule has 0 aromatic heterocycles. The van der Waals surface area contributed by atoms with E-state index < -0.39 is 0 Å². The summed E-state index contributed by atoms with van der Waals surface area (Å²) in [4.78, 5) is 13.9. The lowest BCUT2D eigenvalue weighted by Gasteiger charge is -2.23. The first kappa shape index (κ1) is 15.7. The highest BCUT2D eigenvalue weighted by molar-refractivity contribution is 5.79. The molecule has 2 atom stereocenters. The summed E-state index contributed by atoms with van der Waals surface area (Å²) in [6.07, 6.45) is 0. The number of hydrogen-bond acceptors (Lipinski definition) is 4. The van der Waals surface area contributed by atoms with Crippen LogP contribution in [0.5, 0.6) is 5.75 Å². The zero-order valence-corrected chi connectivity index (χ0v) is 12.3. The molecule has 1 aliphatic heterocycles. The van der Waals surface area contributed by atoms with Gasteiger partial charge < -0.3 is 19.7 Å². The minimum absolute atomic E-state index is 0.0368. The SMILES string of the molecule is CNC1COCC1C(=O)N(C)CCOc1cccc(F)c1. The van der Waals surface area contributed by atoms with Crippen molar-refractivity contribution in [1.29, 1.82) is 0 Å². The van der Waals surface area contributed by atoms with Crippen molar-refractivity contribution in [3.8, 4) is 5.75 Å². The van der Waals surface area contributed by atoms with Crippen LogP contribution in [-0.4, -0.2) is 57.3 Å². The number of carbonyl (C=O) groups excluding carboxylic acids is 1. The summed E-state index contributed by atoms with van der Waals surface area (Å²) in [5.74, 6) is 0.00825. The van der Waals surface area contributed by atoms with Gasteiger partial charge in [-0.15, -0.1) is 0 Å². The van der Waals surface area contributed by atoms with Crippen LogP contribution in [-0.2, 0) is 9.53 Å². The molecule has 0 spiro atoms. The van der Waals surface area contributed by atoms with Crippen LogP contribution in [0.15, 0.2) is 24.3 Å². The largest absolute Gasteiger partial charge is 0.492 e. The maximum absolute atomic E-state index is 13.0. The summed E-state index contributed by atoms with van der Waals surface area (Å²) in [5, 5.41) is 3.09. The molecule has 1 aromatic carbocycles. The first-order valence-electron chi connectivity index (χ1n) is 7.00. The molecule has 0 aliphatic carbocycles. The van der Waals surface area contributed by atoms with E-state index in [1.165, 1.54) is 12.1 Å². The molecule has 116 valence electrons. The van der Waals surface area contributed by atoms with Crippen LogP contribution in [0.3, 0.4) is 0 Å². The Morgan fingerprint density at radius 3 is 3.05 bits per heavy atom. The molecule has 1 aliphatic rings. The van der Waals surface area contributed by atoms with Crippen LogP contribution in [0.1, 0.15) is 0 Å². The normalized spacial score (nSPS) is 21.3. The van der Waals surface area contributed by atoms with E-state index >= 15 is 0 Å². The topological polar surface area (TPSA) is 50.8 Å². The van der Waals surface area contributed by atoms with E-state index in [0.717, 1.165) is 0 Å². The molecule has 5 nitrogen and oxygen atoms in total. The average Bonchev–Trinajstić information content (AvgIpc) is 2.94. The van der Waals surface area contributed by atoms with Gasteiger partial charge in [-0.25, -0.2) is 4.39 Å². The zero-order valence-electron chi connectivity index (χ0n) is 12.3. The standard InChI is InChI=1S/C15H21FN2O3/c1-17-14-10-20-9-13(14)15(19)18(2)6-7-21-12-5-3-4-11(16)8-12/h3-5,8,13-14,17H,6-7,9-10H2,1-2H3. The van der Waals surface area contributed by atoms with Crippen LogP contribution in [0.2, 0.25) is 0 Å². The van der Waals surface area contributed by atoms with Gasteiger partial charge in [0, 0.05) is 19.2 Å². The van der Waals surface area contributed by atoms with Gasteiger partial charge in [-0.2, -0.15) is 0 Å². The van der Waals surface area contributed by atoms with Crippen molar-refractivity contribution < 1.29 is 18.7 Å². The number of hydrogen-bond donors (Lipinski definition) is 1. The third kappa shape index (κ3) is 4.15. The van der Waals surface area contributed by atoms with Gasteiger partial charge in [-0.05, 0) is 19.2 Å². The molecule has 1 fully saturated rings. The van der Waals surface area contributed by atoms with Gasteiger partial charge in [0.15, 0.2) is 0 Å². The van der Waals surface area contributed by atoms with Crippen molar-refractivity contribution >= 4 is 5.91 Å². The lowest BCUT2D eigenvalue weighted by molar-refractivity contribution is -0.135. The minimum atomic E-state index is -0.336. The van der Waals surface area contributed by atoms with E-state index in [1.54, 1.807) is 24.1 Å². The molecular formula is C15H21FN2O3. The van der Waals surface area contributed by atoms with Crippen LogP contribution in [0, 0.1) is 11.7 Å². The molecule has 0 radical (unpaired) electrons. The Kier molecular flexibility index (Phi) is 5.52. The van der Waals surface area contributed by atoms with Crippen LogP contribution in [0.25, 0.3) is 0 Å². The predicted molar refractivity (Wildman–Crippen MR) is 76.7 cm³/mol. The number of amides is 1. The van der Waals surface area contributed by atoms with Crippen LogP contribution >= 0.6 is 0 Å². The Bertz CT molecular complexity index is 484. The fraction of sp³-hybridized carbons (Fsp3) is 0.533. The predicted octanol–water partition coefficient (Wildman–Crippen LogP) is 0.897. The number of halogens is 1. The Labute approximate surface area is 124 Å². The summed E-state index contributed by atoms with van der Waals surface area (Å²) < 4.78 is 23.8. The minimum Gasteiger partial charge on any atom is -0.492 e. The first-order valence-corrected chi connectivity index (χ1v) is 7.00. The summed E-state index contributed by atoms with van der Waals surface area (Å²) in [5.41, 5.74) is 0. The molecule has 2 rings (SSSR count). The maximum Gasteiger partial charge on any atom is 0.229 e. The summed E-state index contributed by atoms with van der Waals surface area (Å²) in [6.45, 7) is 1.77. The fourth-order valence-electron chi connectivity index (χ4n) is 2.33. The highest BCUT2D eigenvalue weighted by Gasteiger charge is 2.34. The number of benzene rings is 1. The van der Waals surface area contributed by atoms with Crippen LogP contribution < -0.4 is 10.1 Å². The lowest BCUT2D eigenvalue weighted by atomic mass is 10.0. The van der Waals surface area contributed by atoms with E-state index in [9.17, 15) is 9.18 Å². The highest BCUT2D eigenvalue weighted by atomic mass is 19.1. The van der Waals surface area contributed by atoms with E-state index in [2.05, 4.69) is 5.32 Å². The fourth-order valence-corrected chi connectivity index (χ4v) is 2.33. The van der Waals surface area contributed by atoms with Gasteiger partial charge in [0.2, 0.25) is 5.91 Å². The monoisotopic (exact) mass is 296 g/mol. The third-order valence-corrected chi connectivity index (χ3v) is 3.64. The Morgan fingerprint density at radius 2 is 2.33 bits per heavy atom. The molecule has 1 N–H and O–H groups in total. The second-order valence-corrected chi connectivity index (χ2v) is 5.10. The van der Waals surface area contributed by atoms with Gasteiger partial charge in [0.05, 0.1) is 25.7 Å². The van der Waals surface area contributed by atoms with Gasteiger partial charge in [0.25, 0.3) is 0 Å². The summed E-state index contributed by atoms with van der Waals surface area (Å²) in [7, 11) is 3.56. The number of carbonyl (C=O) groups is 1. The van der Waals surface area contributed by atoms with E-state index in [4.69, 9.17) is 9.47 Å². The number of nitrogens with one attached hydrogen (secondary N) is 1. The number of nitrogens with zero attached hydrogens (tertiary/aromatic N) is 1. The van der Waals surface area contributed by atoms with E-state index in [0.29, 0.717) is 32.1 Å². The molecule has 1 amide bonds. The average molecular weight is 296 g/mol. The van der Waals surface area contributed by atoms with Crippen molar-refractivity contribution in [3.63, 3.8) is 0 Å². The second-order valence-electron chi connectivity index (χ2n) is 5.10. The van der Waals surface area contributed by atoms with Crippen molar-refractivity contribution in [2.75, 3.05) is 40.5 Å². The molecule has 1 heterocycles. The lowest BCUT2D eigenvalue weighted by Crippen LogP contribution is -2.44. The van der Waals surface area contributed by atoms with Crippen molar-refractivity contribution in [1.82, 2.24) is 10.2 Å². The number of likely N-dealkylation sites (N-methyl/N-ethyl adjacent to an activating group) is 2. The molecule has 1 saturated heterocycles. The van der Waals surface area contributed by atoms with Gasteiger partial charge in [-0.1, -0.05) is 6.07 Å². The molecule has 0 saturated carbocycles.